The van der Waals surface area contributed by atoms with Crippen molar-refractivity contribution in [1.29, 1.82) is 0 Å². The van der Waals surface area contributed by atoms with E-state index >= 15 is 0 Å². The number of rotatable bonds is 4. The van der Waals surface area contributed by atoms with E-state index in [0.717, 1.165) is 5.56 Å². The first-order chi connectivity index (χ1) is 12.5. The number of amidine groups is 1. The molecule has 8 heteroatoms. The van der Waals surface area contributed by atoms with Crippen LogP contribution in [0.5, 0.6) is 11.5 Å². The molecule has 0 aliphatic carbocycles. The van der Waals surface area contributed by atoms with Gasteiger partial charge in [-0.1, -0.05) is 29.3 Å². The Labute approximate surface area is 164 Å². The first kappa shape index (κ1) is 18.6. The number of thioether (sulfide) groups is 1. The van der Waals surface area contributed by atoms with E-state index in [1.165, 1.54) is 17.8 Å². The van der Waals surface area contributed by atoms with E-state index in [-0.39, 0.29) is 11.7 Å². The first-order valence-corrected chi connectivity index (χ1v) is 9.24. The zero-order valence-corrected chi connectivity index (χ0v) is 16.0. The maximum atomic E-state index is 12.2. The molecule has 0 atom stereocenters. The molecule has 0 unspecified atom stereocenters. The lowest BCUT2D eigenvalue weighted by molar-refractivity contribution is -0.115. The second kappa shape index (κ2) is 8.03. The number of nitrogens with zero attached hydrogens (tertiary/aromatic N) is 1. The summed E-state index contributed by atoms with van der Waals surface area (Å²) in [7, 11) is 0. The number of phenolic OH excluding ortho intramolecular Hbond substituents is 1. The highest BCUT2D eigenvalue weighted by Gasteiger charge is 2.24. The van der Waals surface area contributed by atoms with Crippen LogP contribution in [0.2, 0.25) is 10.0 Å². The van der Waals surface area contributed by atoms with Gasteiger partial charge in [0.15, 0.2) is 16.7 Å². The molecule has 2 aromatic rings. The van der Waals surface area contributed by atoms with Crippen LogP contribution in [-0.4, -0.2) is 22.8 Å². The van der Waals surface area contributed by atoms with E-state index in [1.54, 1.807) is 36.4 Å². The van der Waals surface area contributed by atoms with Gasteiger partial charge in [-0.2, -0.15) is 0 Å². The minimum atomic E-state index is -0.259. The third-order valence-corrected chi connectivity index (χ3v) is 4.81. The standard InChI is InChI=1S/C18H14Cl2N2O3S/c1-2-25-15-7-10(3-6-14(15)23)8-16-17(24)22-18(26-16)21-13-5-4-11(19)9-12(13)20/h3-9,23H,2H2,1H3,(H,21,22,24)/b16-8-. The van der Waals surface area contributed by atoms with Crippen LogP contribution in [0.15, 0.2) is 46.3 Å². The topological polar surface area (TPSA) is 70.9 Å². The number of benzene rings is 2. The van der Waals surface area contributed by atoms with Gasteiger partial charge >= 0.3 is 0 Å². The van der Waals surface area contributed by atoms with Crippen LogP contribution in [0.4, 0.5) is 5.69 Å². The average Bonchev–Trinajstić information content (AvgIpc) is 2.93. The van der Waals surface area contributed by atoms with Crippen molar-refractivity contribution in [3.05, 3.63) is 56.9 Å². The number of hydrogen-bond donors (Lipinski definition) is 2. The van der Waals surface area contributed by atoms with Gasteiger partial charge in [-0.25, -0.2) is 4.99 Å². The molecule has 0 aromatic heterocycles. The third kappa shape index (κ3) is 4.33. The molecule has 134 valence electrons. The van der Waals surface area contributed by atoms with Gasteiger partial charge in [0.05, 0.1) is 22.2 Å². The second-order valence-corrected chi connectivity index (χ2v) is 7.11. The molecule has 0 bridgehead atoms. The van der Waals surface area contributed by atoms with Crippen LogP contribution in [0, 0.1) is 0 Å². The Morgan fingerprint density at radius 2 is 2.08 bits per heavy atom. The Balaban J connectivity index is 1.84. The van der Waals surface area contributed by atoms with Crippen molar-refractivity contribution in [1.82, 2.24) is 5.32 Å². The number of halogens is 2. The average molecular weight is 409 g/mol. The Kier molecular flexibility index (Phi) is 5.76. The summed E-state index contributed by atoms with van der Waals surface area (Å²) in [6.45, 7) is 2.26. The molecular formula is C18H14Cl2N2O3S. The summed E-state index contributed by atoms with van der Waals surface area (Å²) in [5.41, 5.74) is 1.25. The fourth-order valence-electron chi connectivity index (χ4n) is 2.20. The maximum Gasteiger partial charge on any atom is 0.264 e. The van der Waals surface area contributed by atoms with Crippen molar-refractivity contribution in [2.45, 2.75) is 6.92 Å². The Hall–Kier alpha value is -2.15. The normalized spacial score (nSPS) is 17.0. The van der Waals surface area contributed by atoms with Gasteiger partial charge < -0.3 is 15.2 Å². The number of aromatic hydroxyl groups is 1. The van der Waals surface area contributed by atoms with Gasteiger partial charge in [0.2, 0.25) is 0 Å². The maximum absolute atomic E-state index is 12.2. The molecule has 1 saturated heterocycles. The summed E-state index contributed by atoms with van der Waals surface area (Å²) in [4.78, 5) is 17.0. The van der Waals surface area contributed by atoms with Crippen molar-refractivity contribution < 1.29 is 14.6 Å². The molecule has 0 spiro atoms. The Bertz CT molecular complexity index is 929. The van der Waals surface area contributed by atoms with Crippen LogP contribution in [0.25, 0.3) is 6.08 Å². The van der Waals surface area contributed by atoms with Crippen LogP contribution in [0.1, 0.15) is 12.5 Å². The predicted molar refractivity (Wildman–Crippen MR) is 107 cm³/mol. The molecule has 2 N–H and O–H groups in total. The van der Waals surface area contributed by atoms with Crippen LogP contribution in [-0.2, 0) is 4.79 Å². The van der Waals surface area contributed by atoms with Crippen molar-refractivity contribution in [2.75, 3.05) is 6.61 Å². The monoisotopic (exact) mass is 408 g/mol. The molecule has 1 aliphatic rings. The fraction of sp³-hybridized carbons (Fsp3) is 0.111. The molecule has 26 heavy (non-hydrogen) atoms. The van der Waals surface area contributed by atoms with Crippen LogP contribution < -0.4 is 10.1 Å². The molecule has 1 heterocycles. The lowest BCUT2D eigenvalue weighted by atomic mass is 10.2. The summed E-state index contributed by atoms with van der Waals surface area (Å²) < 4.78 is 5.36. The highest BCUT2D eigenvalue weighted by Crippen LogP contribution is 2.33. The number of aliphatic imine (C=N–C) groups is 1. The Morgan fingerprint density at radius 1 is 1.27 bits per heavy atom. The molecule has 1 fully saturated rings. The van der Waals surface area contributed by atoms with Gasteiger partial charge in [-0.05, 0) is 60.7 Å². The minimum absolute atomic E-state index is 0.0529. The van der Waals surface area contributed by atoms with E-state index < -0.39 is 0 Å². The molecule has 2 aromatic carbocycles. The van der Waals surface area contributed by atoms with Gasteiger partial charge in [-0.3, -0.25) is 4.79 Å². The molecule has 1 aliphatic heterocycles. The highest BCUT2D eigenvalue weighted by atomic mass is 35.5. The summed E-state index contributed by atoms with van der Waals surface area (Å²) in [5.74, 6) is 0.161. The van der Waals surface area contributed by atoms with Gasteiger partial charge in [-0.15, -0.1) is 0 Å². The summed E-state index contributed by atoms with van der Waals surface area (Å²) in [5, 5.41) is 13.8. The zero-order valence-electron chi connectivity index (χ0n) is 13.6. The SMILES string of the molecule is CCOc1cc(/C=C2\SC(=Nc3ccc(Cl)cc3Cl)NC2=O)ccc1O. The number of carbonyl (C=O) groups is 1. The number of nitrogens with one attached hydrogen (secondary N) is 1. The number of phenols is 1. The van der Waals surface area contributed by atoms with Crippen molar-refractivity contribution in [3.63, 3.8) is 0 Å². The summed E-state index contributed by atoms with van der Waals surface area (Å²) in [6, 6.07) is 9.84. The van der Waals surface area contributed by atoms with Crippen molar-refractivity contribution >= 4 is 57.8 Å². The number of amides is 1. The quantitative estimate of drug-likeness (QED) is 0.698. The zero-order chi connectivity index (χ0) is 18.7. The van der Waals surface area contributed by atoms with Crippen molar-refractivity contribution in [3.8, 4) is 11.5 Å². The van der Waals surface area contributed by atoms with E-state index in [9.17, 15) is 9.90 Å². The summed E-state index contributed by atoms with van der Waals surface area (Å²) in [6.07, 6.45) is 1.70. The van der Waals surface area contributed by atoms with E-state index in [4.69, 9.17) is 27.9 Å². The van der Waals surface area contributed by atoms with Gasteiger partial charge in [0.1, 0.15) is 0 Å². The lowest BCUT2D eigenvalue weighted by Gasteiger charge is -2.06. The number of ether oxygens (including phenoxy) is 1. The van der Waals surface area contributed by atoms with Crippen molar-refractivity contribution in [2.24, 2.45) is 4.99 Å². The van der Waals surface area contributed by atoms with Crippen LogP contribution in [0.3, 0.4) is 0 Å². The number of carbonyl (C=O) groups excluding carboxylic acids is 1. The Morgan fingerprint density at radius 3 is 2.81 bits per heavy atom. The summed E-state index contributed by atoms with van der Waals surface area (Å²) >= 11 is 13.2. The number of hydrogen-bond acceptors (Lipinski definition) is 5. The van der Waals surface area contributed by atoms with E-state index in [1.807, 2.05) is 6.92 Å². The molecule has 5 nitrogen and oxygen atoms in total. The highest BCUT2D eigenvalue weighted by molar-refractivity contribution is 8.18. The van der Waals surface area contributed by atoms with E-state index in [0.29, 0.717) is 38.2 Å². The largest absolute Gasteiger partial charge is 0.504 e. The van der Waals surface area contributed by atoms with E-state index in [2.05, 4.69) is 10.3 Å². The molecule has 0 saturated carbocycles. The lowest BCUT2D eigenvalue weighted by Crippen LogP contribution is -2.19. The molecular weight excluding hydrogens is 395 g/mol. The van der Waals surface area contributed by atoms with Crippen LogP contribution >= 0.6 is 35.0 Å². The minimum Gasteiger partial charge on any atom is -0.504 e. The predicted octanol–water partition coefficient (Wildman–Crippen LogP) is 4.99. The first-order valence-electron chi connectivity index (χ1n) is 7.66. The fourth-order valence-corrected chi connectivity index (χ4v) is 3.49. The third-order valence-electron chi connectivity index (χ3n) is 3.36. The van der Waals surface area contributed by atoms with Gasteiger partial charge in [0.25, 0.3) is 5.91 Å². The molecule has 0 radical (unpaired) electrons. The smallest absolute Gasteiger partial charge is 0.264 e. The molecule has 1 amide bonds. The molecule has 3 rings (SSSR count). The second-order valence-electron chi connectivity index (χ2n) is 5.24. The van der Waals surface area contributed by atoms with Gasteiger partial charge in [0, 0.05) is 5.02 Å².